The number of rotatable bonds is 3. The van der Waals surface area contributed by atoms with E-state index in [-0.39, 0.29) is 0 Å². The van der Waals surface area contributed by atoms with Crippen molar-refractivity contribution in [1.29, 1.82) is 0 Å². The fourth-order valence-electron chi connectivity index (χ4n) is 2.03. The molecule has 90 valence electrons. The molecule has 18 heavy (non-hydrogen) atoms. The van der Waals surface area contributed by atoms with Crippen LogP contribution >= 0.6 is 23.1 Å². The minimum atomic E-state index is 0.588. The van der Waals surface area contributed by atoms with Gasteiger partial charge in [0, 0.05) is 11.4 Å². The van der Waals surface area contributed by atoms with E-state index in [2.05, 4.69) is 53.9 Å². The van der Waals surface area contributed by atoms with Gasteiger partial charge in [-0.1, -0.05) is 48.2 Å². The van der Waals surface area contributed by atoms with Gasteiger partial charge in [-0.15, -0.1) is 11.3 Å². The van der Waals surface area contributed by atoms with Gasteiger partial charge in [0.05, 0.1) is 4.21 Å². The van der Waals surface area contributed by atoms with E-state index in [1.165, 1.54) is 25.4 Å². The van der Waals surface area contributed by atoms with E-state index in [4.69, 9.17) is 5.73 Å². The molecular weight excluding hydrogens is 258 g/mol. The zero-order chi connectivity index (χ0) is 12.4. The van der Waals surface area contributed by atoms with Crippen LogP contribution in [0.25, 0.3) is 10.8 Å². The molecule has 0 aliphatic rings. The fraction of sp³-hybridized carbons (Fsp3) is 0.0667. The number of hydrogen-bond acceptors (Lipinski definition) is 3. The molecule has 0 unspecified atom stereocenters. The summed E-state index contributed by atoms with van der Waals surface area (Å²) < 4.78 is 1.32. The van der Waals surface area contributed by atoms with Crippen molar-refractivity contribution in [3.63, 3.8) is 0 Å². The predicted molar refractivity (Wildman–Crippen MR) is 80.3 cm³/mol. The van der Waals surface area contributed by atoms with Crippen LogP contribution in [0.2, 0.25) is 0 Å². The molecule has 0 aliphatic heterocycles. The molecule has 0 saturated carbocycles. The highest BCUT2D eigenvalue weighted by Crippen LogP contribution is 2.36. The Bertz CT molecular complexity index is 659. The van der Waals surface area contributed by atoms with Crippen LogP contribution in [0.15, 0.2) is 63.0 Å². The van der Waals surface area contributed by atoms with Crippen molar-refractivity contribution in [2.24, 2.45) is 5.73 Å². The molecule has 0 amide bonds. The zero-order valence-electron chi connectivity index (χ0n) is 9.80. The van der Waals surface area contributed by atoms with Gasteiger partial charge in [-0.2, -0.15) is 0 Å². The first-order valence-electron chi connectivity index (χ1n) is 5.80. The van der Waals surface area contributed by atoms with Crippen molar-refractivity contribution in [3.8, 4) is 0 Å². The van der Waals surface area contributed by atoms with Crippen molar-refractivity contribution in [3.05, 3.63) is 59.5 Å². The van der Waals surface area contributed by atoms with Crippen LogP contribution in [-0.2, 0) is 6.54 Å². The summed E-state index contributed by atoms with van der Waals surface area (Å²) in [5.74, 6) is 0. The van der Waals surface area contributed by atoms with Crippen molar-refractivity contribution in [2.75, 3.05) is 0 Å². The molecule has 0 saturated heterocycles. The molecule has 0 bridgehead atoms. The van der Waals surface area contributed by atoms with Gasteiger partial charge in [-0.25, -0.2) is 0 Å². The maximum atomic E-state index is 5.80. The van der Waals surface area contributed by atoms with Gasteiger partial charge in [0.1, 0.15) is 0 Å². The highest BCUT2D eigenvalue weighted by molar-refractivity contribution is 8.01. The van der Waals surface area contributed by atoms with Gasteiger partial charge in [0.2, 0.25) is 0 Å². The Morgan fingerprint density at radius 2 is 1.78 bits per heavy atom. The zero-order valence-corrected chi connectivity index (χ0v) is 11.4. The average Bonchev–Trinajstić information content (AvgIpc) is 2.92. The Morgan fingerprint density at radius 3 is 2.50 bits per heavy atom. The topological polar surface area (TPSA) is 26.0 Å². The molecule has 0 aliphatic carbocycles. The molecule has 1 nitrogen and oxygen atoms in total. The first-order chi connectivity index (χ1) is 8.88. The Kier molecular flexibility index (Phi) is 3.37. The van der Waals surface area contributed by atoms with Gasteiger partial charge in [0.25, 0.3) is 0 Å². The minimum Gasteiger partial charge on any atom is -0.326 e. The smallest absolute Gasteiger partial charge is 0.0646 e. The molecule has 1 heterocycles. The third kappa shape index (κ3) is 2.17. The van der Waals surface area contributed by atoms with Crippen molar-refractivity contribution in [2.45, 2.75) is 15.6 Å². The molecular formula is C15H13NS2. The van der Waals surface area contributed by atoms with Crippen molar-refractivity contribution < 1.29 is 0 Å². The summed E-state index contributed by atoms with van der Waals surface area (Å²) in [5.41, 5.74) is 7.01. The molecule has 0 atom stereocenters. The highest BCUT2D eigenvalue weighted by Gasteiger charge is 2.06. The van der Waals surface area contributed by atoms with Crippen molar-refractivity contribution in [1.82, 2.24) is 0 Å². The van der Waals surface area contributed by atoms with Gasteiger partial charge >= 0.3 is 0 Å². The lowest BCUT2D eigenvalue weighted by atomic mass is 10.0. The lowest BCUT2D eigenvalue weighted by Crippen LogP contribution is -1.97. The third-order valence-corrected chi connectivity index (χ3v) is 5.01. The number of thiophene rings is 1. The quantitative estimate of drug-likeness (QED) is 0.758. The van der Waals surface area contributed by atoms with E-state index in [1.54, 1.807) is 11.3 Å². The van der Waals surface area contributed by atoms with Crippen molar-refractivity contribution >= 4 is 33.9 Å². The van der Waals surface area contributed by atoms with Crippen LogP contribution in [0, 0.1) is 0 Å². The summed E-state index contributed by atoms with van der Waals surface area (Å²) in [4.78, 5) is 1.30. The largest absolute Gasteiger partial charge is 0.326 e. The Labute approximate surface area is 115 Å². The van der Waals surface area contributed by atoms with E-state index in [9.17, 15) is 0 Å². The average molecular weight is 271 g/mol. The number of fused-ring (bicyclic) bond motifs is 1. The summed E-state index contributed by atoms with van der Waals surface area (Å²) in [5, 5.41) is 4.67. The Hall–Kier alpha value is -1.29. The van der Waals surface area contributed by atoms with Crippen LogP contribution in [0.3, 0.4) is 0 Å². The second-order valence-electron chi connectivity index (χ2n) is 4.01. The Morgan fingerprint density at radius 1 is 0.944 bits per heavy atom. The van der Waals surface area contributed by atoms with Crippen LogP contribution in [0.1, 0.15) is 5.56 Å². The third-order valence-electron chi connectivity index (χ3n) is 2.90. The van der Waals surface area contributed by atoms with Gasteiger partial charge in [-0.05, 0) is 33.8 Å². The second-order valence-corrected chi connectivity index (χ2v) is 6.30. The molecule has 0 fully saturated rings. The van der Waals surface area contributed by atoms with E-state index in [0.29, 0.717) is 6.54 Å². The van der Waals surface area contributed by atoms with Gasteiger partial charge in [-0.3, -0.25) is 0 Å². The summed E-state index contributed by atoms with van der Waals surface area (Å²) in [6.45, 7) is 0.588. The van der Waals surface area contributed by atoms with Gasteiger partial charge in [0.15, 0.2) is 0 Å². The number of benzene rings is 2. The molecule has 2 N–H and O–H groups in total. The molecule has 2 aromatic carbocycles. The Balaban J connectivity index is 2.13. The normalized spacial score (nSPS) is 10.9. The first kappa shape index (κ1) is 11.8. The number of nitrogens with two attached hydrogens (primary N) is 1. The molecule has 3 heteroatoms. The predicted octanol–water partition coefficient (Wildman–Crippen LogP) is 4.51. The fourth-order valence-corrected chi connectivity index (χ4v) is 3.90. The molecule has 1 aromatic heterocycles. The summed E-state index contributed by atoms with van der Waals surface area (Å²) in [6, 6.07) is 17.0. The molecule has 0 radical (unpaired) electrons. The van der Waals surface area contributed by atoms with Crippen LogP contribution < -0.4 is 5.73 Å². The minimum absolute atomic E-state index is 0.588. The summed E-state index contributed by atoms with van der Waals surface area (Å²) in [7, 11) is 0. The maximum Gasteiger partial charge on any atom is 0.0646 e. The lowest BCUT2D eigenvalue weighted by Gasteiger charge is -2.08. The standard InChI is InChI=1S/C15H13NS2/c16-10-11-7-8-14(18-15-6-3-9-17-15)13-5-2-1-4-12(11)13/h1-9H,10,16H2. The van der Waals surface area contributed by atoms with E-state index in [1.807, 2.05) is 11.8 Å². The van der Waals surface area contributed by atoms with Crippen LogP contribution in [0.5, 0.6) is 0 Å². The second kappa shape index (κ2) is 5.14. The van der Waals surface area contributed by atoms with Crippen LogP contribution in [0.4, 0.5) is 0 Å². The number of hydrogen-bond donors (Lipinski definition) is 1. The summed E-state index contributed by atoms with van der Waals surface area (Å²) >= 11 is 3.60. The van der Waals surface area contributed by atoms with Gasteiger partial charge < -0.3 is 5.73 Å². The molecule has 0 spiro atoms. The highest BCUT2D eigenvalue weighted by atomic mass is 32.2. The summed E-state index contributed by atoms with van der Waals surface area (Å²) in [6.07, 6.45) is 0. The lowest BCUT2D eigenvalue weighted by molar-refractivity contribution is 1.08. The maximum absolute atomic E-state index is 5.80. The van der Waals surface area contributed by atoms with E-state index >= 15 is 0 Å². The van der Waals surface area contributed by atoms with E-state index < -0.39 is 0 Å². The molecule has 3 rings (SSSR count). The SMILES string of the molecule is NCc1ccc(Sc2cccs2)c2ccccc12. The van der Waals surface area contributed by atoms with E-state index in [0.717, 1.165) is 0 Å². The van der Waals surface area contributed by atoms with Crippen LogP contribution in [-0.4, -0.2) is 0 Å². The molecule has 3 aromatic rings. The monoisotopic (exact) mass is 271 g/mol. The first-order valence-corrected chi connectivity index (χ1v) is 7.50.